The number of alkyl halides is 3. The fourth-order valence-electron chi connectivity index (χ4n) is 4.61. The second kappa shape index (κ2) is 8.20. The highest BCUT2D eigenvalue weighted by Gasteiger charge is 2.34. The van der Waals surface area contributed by atoms with Gasteiger partial charge in [0.25, 0.3) is 0 Å². The van der Waals surface area contributed by atoms with E-state index in [0.717, 1.165) is 12.4 Å². The number of nitrogen functional groups attached to an aromatic ring is 1. The van der Waals surface area contributed by atoms with E-state index in [-0.39, 0.29) is 33.9 Å². The van der Waals surface area contributed by atoms with Crippen LogP contribution in [0.5, 0.6) is 5.75 Å². The SMILES string of the molecule is [C-]#[N+]c1cc2nc(N)c3cncn3c2cc1C(=O)N(C)[C@@H]1COc2cc(-c3cnn(C(F)(F)F)c3)ccc21. The summed E-state index contributed by atoms with van der Waals surface area (Å²) in [6.45, 7) is 7.77. The number of amides is 1. The molecule has 0 radical (unpaired) electrons. The van der Waals surface area contributed by atoms with Crippen molar-refractivity contribution in [3.63, 3.8) is 0 Å². The minimum atomic E-state index is -4.61. The summed E-state index contributed by atoms with van der Waals surface area (Å²) in [5.41, 5.74) is 9.39. The van der Waals surface area contributed by atoms with Gasteiger partial charge in [-0.15, -0.1) is 13.2 Å². The Morgan fingerprint density at radius 3 is 2.76 bits per heavy atom. The van der Waals surface area contributed by atoms with Crippen molar-refractivity contribution in [2.45, 2.75) is 12.3 Å². The van der Waals surface area contributed by atoms with Crippen molar-refractivity contribution in [2.75, 3.05) is 19.4 Å². The molecule has 2 aromatic carbocycles. The van der Waals surface area contributed by atoms with Gasteiger partial charge in [-0.05, 0) is 23.8 Å². The molecule has 0 unspecified atom stereocenters. The smallest absolute Gasteiger partial charge is 0.491 e. The van der Waals surface area contributed by atoms with Crippen LogP contribution in [0.25, 0.3) is 32.5 Å². The molecule has 38 heavy (non-hydrogen) atoms. The van der Waals surface area contributed by atoms with E-state index < -0.39 is 18.2 Å². The molecule has 1 aliphatic rings. The Bertz CT molecular complexity index is 1800. The third-order valence-electron chi connectivity index (χ3n) is 6.58. The van der Waals surface area contributed by atoms with Gasteiger partial charge >= 0.3 is 6.30 Å². The molecule has 0 fully saturated rings. The number of nitrogens with zero attached hydrogens (tertiary/aromatic N) is 7. The lowest BCUT2D eigenvalue weighted by Gasteiger charge is -2.24. The minimum Gasteiger partial charge on any atom is -0.491 e. The lowest BCUT2D eigenvalue weighted by atomic mass is 10.0. The zero-order valence-electron chi connectivity index (χ0n) is 19.6. The number of ether oxygens (including phenoxy) is 1. The molecular weight excluding hydrogens is 501 g/mol. The predicted octanol–water partition coefficient (Wildman–Crippen LogP) is 4.56. The molecule has 13 heteroatoms. The molecule has 0 saturated carbocycles. The quantitative estimate of drug-likeness (QED) is 0.351. The number of nitrogens with two attached hydrogens (primary N) is 1. The summed E-state index contributed by atoms with van der Waals surface area (Å²) < 4.78 is 46.2. The zero-order valence-corrected chi connectivity index (χ0v) is 19.6. The van der Waals surface area contributed by atoms with Crippen molar-refractivity contribution in [3.8, 4) is 16.9 Å². The molecule has 190 valence electrons. The molecule has 3 aromatic heterocycles. The first-order chi connectivity index (χ1) is 18.2. The number of fused-ring (bicyclic) bond motifs is 4. The summed E-state index contributed by atoms with van der Waals surface area (Å²) in [6.07, 6.45) is 0.534. The lowest BCUT2D eigenvalue weighted by Crippen LogP contribution is -2.32. The number of benzene rings is 2. The van der Waals surface area contributed by atoms with Crippen LogP contribution in [0, 0.1) is 6.57 Å². The van der Waals surface area contributed by atoms with Crippen LogP contribution in [0.2, 0.25) is 0 Å². The van der Waals surface area contributed by atoms with E-state index in [2.05, 4.69) is 19.9 Å². The highest BCUT2D eigenvalue weighted by molar-refractivity contribution is 6.04. The van der Waals surface area contributed by atoms with Gasteiger partial charge in [-0.1, -0.05) is 12.1 Å². The van der Waals surface area contributed by atoms with Crippen molar-refractivity contribution in [2.24, 2.45) is 0 Å². The van der Waals surface area contributed by atoms with Gasteiger partial charge in [0.1, 0.15) is 23.7 Å². The van der Waals surface area contributed by atoms with E-state index in [1.165, 1.54) is 11.0 Å². The summed E-state index contributed by atoms with van der Waals surface area (Å²) in [7, 11) is 1.61. The van der Waals surface area contributed by atoms with Crippen molar-refractivity contribution < 1.29 is 22.7 Å². The summed E-state index contributed by atoms with van der Waals surface area (Å²) in [5.74, 6) is 0.308. The number of aromatic nitrogens is 5. The molecule has 1 amide bonds. The summed E-state index contributed by atoms with van der Waals surface area (Å²) in [6, 6.07) is 7.64. The molecule has 5 aromatic rings. The highest BCUT2D eigenvalue weighted by atomic mass is 19.4. The molecule has 4 heterocycles. The standard InChI is InChI=1S/C25H17F3N8O2/c1-30-17-7-18-19(35-12-31-9-20(35)23(29)33-18)6-16(17)24(37)34(2)21-11-38-22-5-13(3-4-15(21)22)14-8-32-36(10-14)25(26,27)28/h3-10,12,21H,11H2,2H3,(H2,29,33)/t21-/m1/s1. The maximum absolute atomic E-state index is 13.6. The van der Waals surface area contributed by atoms with Crippen LogP contribution in [-0.4, -0.2) is 48.6 Å². The van der Waals surface area contributed by atoms with Crippen LogP contribution in [0.15, 0.2) is 55.2 Å². The highest BCUT2D eigenvalue weighted by Crippen LogP contribution is 2.40. The number of carbonyl (C=O) groups is 1. The van der Waals surface area contributed by atoms with Gasteiger partial charge in [0.15, 0.2) is 0 Å². The fourth-order valence-corrected chi connectivity index (χ4v) is 4.61. The van der Waals surface area contributed by atoms with Crippen LogP contribution in [0.4, 0.5) is 24.7 Å². The van der Waals surface area contributed by atoms with Crippen LogP contribution < -0.4 is 10.5 Å². The van der Waals surface area contributed by atoms with Gasteiger partial charge in [-0.3, -0.25) is 9.20 Å². The summed E-state index contributed by atoms with van der Waals surface area (Å²) in [5, 5.41) is 3.37. The van der Waals surface area contributed by atoms with Gasteiger partial charge in [-0.2, -0.15) is 9.78 Å². The first kappa shape index (κ1) is 23.3. The van der Waals surface area contributed by atoms with E-state index in [4.69, 9.17) is 17.0 Å². The average molecular weight is 518 g/mol. The van der Waals surface area contributed by atoms with Crippen molar-refractivity contribution in [1.29, 1.82) is 0 Å². The number of hydrogen-bond acceptors (Lipinski definition) is 6. The Labute approximate surface area is 212 Å². The van der Waals surface area contributed by atoms with E-state index >= 15 is 0 Å². The Morgan fingerprint density at radius 1 is 1.21 bits per heavy atom. The topological polar surface area (TPSA) is 108 Å². The van der Waals surface area contributed by atoms with Crippen molar-refractivity contribution in [1.82, 2.24) is 29.0 Å². The molecule has 1 atom stereocenters. The lowest BCUT2D eigenvalue weighted by molar-refractivity contribution is -0.212. The van der Waals surface area contributed by atoms with Gasteiger partial charge in [0.2, 0.25) is 11.6 Å². The molecule has 0 bridgehead atoms. The second-order valence-electron chi connectivity index (χ2n) is 8.75. The Morgan fingerprint density at radius 2 is 2.03 bits per heavy atom. The number of rotatable bonds is 3. The van der Waals surface area contributed by atoms with Crippen LogP contribution in [0.1, 0.15) is 22.0 Å². The van der Waals surface area contributed by atoms with Crippen molar-refractivity contribution >= 4 is 34.0 Å². The van der Waals surface area contributed by atoms with E-state index in [1.54, 1.807) is 48.2 Å². The summed E-state index contributed by atoms with van der Waals surface area (Å²) in [4.78, 5) is 27.1. The third kappa shape index (κ3) is 3.57. The zero-order chi connectivity index (χ0) is 26.8. The van der Waals surface area contributed by atoms with Gasteiger partial charge in [0.05, 0.1) is 42.4 Å². The molecule has 2 N–H and O–H groups in total. The van der Waals surface area contributed by atoms with Crippen molar-refractivity contribution in [3.05, 3.63) is 77.8 Å². The average Bonchev–Trinajstić information content (AvgIpc) is 3.66. The monoisotopic (exact) mass is 518 g/mol. The van der Waals surface area contributed by atoms with Crippen LogP contribution in [-0.2, 0) is 6.30 Å². The van der Waals surface area contributed by atoms with Gasteiger partial charge in [-0.25, -0.2) is 14.8 Å². The van der Waals surface area contributed by atoms with Gasteiger partial charge < -0.3 is 15.4 Å². The molecule has 0 spiro atoms. The normalized spacial score (nSPS) is 14.9. The maximum atomic E-state index is 13.6. The second-order valence-corrected chi connectivity index (χ2v) is 8.75. The molecule has 6 rings (SSSR count). The molecular formula is C25H17F3N8O2. The molecule has 10 nitrogen and oxygen atoms in total. The fraction of sp³-hybridized carbons (Fsp3) is 0.160. The number of halogens is 3. The Kier molecular flexibility index (Phi) is 5.03. The predicted molar refractivity (Wildman–Crippen MR) is 130 cm³/mol. The van der Waals surface area contributed by atoms with Crippen LogP contribution in [0.3, 0.4) is 0 Å². The first-order valence-corrected chi connectivity index (χ1v) is 11.2. The number of hydrogen-bond donors (Lipinski definition) is 1. The molecule has 1 aliphatic heterocycles. The first-order valence-electron chi connectivity index (χ1n) is 11.2. The van der Waals surface area contributed by atoms with E-state index in [1.807, 2.05) is 0 Å². The van der Waals surface area contributed by atoms with E-state index in [9.17, 15) is 18.0 Å². The Hall–Kier alpha value is -5.12. The minimum absolute atomic E-state index is 0.0639. The maximum Gasteiger partial charge on any atom is 0.504 e. The third-order valence-corrected chi connectivity index (χ3v) is 6.58. The Balaban J connectivity index is 1.34. The summed E-state index contributed by atoms with van der Waals surface area (Å²) >= 11 is 0. The molecule has 0 saturated heterocycles. The van der Waals surface area contributed by atoms with E-state index in [0.29, 0.717) is 33.4 Å². The van der Waals surface area contributed by atoms with Gasteiger partial charge in [0, 0.05) is 29.9 Å². The number of likely N-dealkylation sites (N-methyl/N-ethyl adjacent to an activating group) is 1. The number of anilines is 1. The number of imidazole rings is 1. The number of carbonyl (C=O) groups excluding carboxylic acids is 1. The molecule has 0 aliphatic carbocycles. The van der Waals surface area contributed by atoms with Crippen LogP contribution >= 0.6 is 0 Å². The largest absolute Gasteiger partial charge is 0.504 e.